The van der Waals surface area contributed by atoms with Gasteiger partial charge in [0.2, 0.25) is 5.91 Å². The van der Waals surface area contributed by atoms with Crippen molar-refractivity contribution >= 4 is 23.0 Å². The van der Waals surface area contributed by atoms with Crippen LogP contribution in [0.15, 0.2) is 12.1 Å². The molecule has 1 saturated heterocycles. The minimum Gasteiger partial charge on any atom is -0.397 e. The first-order chi connectivity index (χ1) is 9.63. The predicted octanol–water partition coefficient (Wildman–Crippen LogP) is 1.63. The molecule has 2 aliphatic rings. The fourth-order valence-corrected chi connectivity index (χ4v) is 3.05. The summed E-state index contributed by atoms with van der Waals surface area (Å²) in [6, 6.07) is 3.90. The average Bonchev–Trinajstić information content (AvgIpc) is 2.78. The lowest BCUT2D eigenvalue weighted by Gasteiger charge is -2.29. The number of nitrogens with one attached hydrogen (secondary N) is 1. The molecule has 0 aromatic heterocycles. The van der Waals surface area contributed by atoms with Crippen LogP contribution in [0.4, 0.5) is 17.1 Å². The molecule has 0 spiro atoms. The Morgan fingerprint density at radius 2 is 2.35 bits per heavy atom. The number of ether oxygens (including phenoxy) is 1. The third kappa shape index (κ3) is 2.58. The smallest absolute Gasteiger partial charge is 0.228 e. The van der Waals surface area contributed by atoms with Crippen molar-refractivity contribution in [3.05, 3.63) is 17.7 Å². The highest BCUT2D eigenvalue weighted by Gasteiger charge is 2.22. The van der Waals surface area contributed by atoms with Gasteiger partial charge in [-0.25, -0.2) is 0 Å². The highest BCUT2D eigenvalue weighted by molar-refractivity contribution is 6.00. The number of carbonyl (C=O) groups is 1. The molecule has 5 heteroatoms. The van der Waals surface area contributed by atoms with Gasteiger partial charge in [0.25, 0.3) is 0 Å². The van der Waals surface area contributed by atoms with E-state index in [1.807, 2.05) is 19.2 Å². The van der Waals surface area contributed by atoms with Gasteiger partial charge >= 0.3 is 0 Å². The van der Waals surface area contributed by atoms with Gasteiger partial charge in [-0.2, -0.15) is 0 Å². The van der Waals surface area contributed by atoms with Gasteiger partial charge in [-0.3, -0.25) is 4.79 Å². The minimum atomic E-state index is 0.0416. The Kier molecular flexibility index (Phi) is 3.53. The number of hydrogen-bond acceptors (Lipinski definition) is 4. The summed E-state index contributed by atoms with van der Waals surface area (Å²) in [6.07, 6.45) is 2.76. The Hall–Kier alpha value is -1.75. The Morgan fingerprint density at radius 1 is 1.50 bits per heavy atom. The van der Waals surface area contributed by atoms with Crippen molar-refractivity contribution in [2.45, 2.75) is 19.3 Å². The van der Waals surface area contributed by atoms with Crippen molar-refractivity contribution in [3.63, 3.8) is 0 Å². The van der Waals surface area contributed by atoms with E-state index in [1.54, 1.807) is 0 Å². The summed E-state index contributed by atoms with van der Waals surface area (Å²) in [5.41, 5.74) is 9.74. The summed E-state index contributed by atoms with van der Waals surface area (Å²) in [6.45, 7) is 2.64. The van der Waals surface area contributed by atoms with Crippen LogP contribution >= 0.6 is 0 Å². The zero-order valence-electron chi connectivity index (χ0n) is 11.8. The summed E-state index contributed by atoms with van der Waals surface area (Å²) < 4.78 is 5.52. The fraction of sp³-hybridized carbons (Fsp3) is 0.533. The van der Waals surface area contributed by atoms with Crippen LogP contribution in [-0.4, -0.2) is 32.7 Å². The number of hydrogen-bond donors (Lipinski definition) is 2. The second-order valence-corrected chi connectivity index (χ2v) is 5.76. The number of nitrogen functional groups attached to an aromatic ring is 1. The molecule has 108 valence electrons. The topological polar surface area (TPSA) is 67.6 Å². The van der Waals surface area contributed by atoms with Crippen molar-refractivity contribution in [3.8, 4) is 0 Å². The number of amides is 1. The summed E-state index contributed by atoms with van der Waals surface area (Å²) in [7, 11) is 2.05. The third-order valence-electron chi connectivity index (χ3n) is 4.08. The SMILES string of the molecule is CN(CC1CCCOC1)c1cc2c(cc1N)CC(=O)N2. The maximum atomic E-state index is 11.4. The van der Waals surface area contributed by atoms with Crippen molar-refractivity contribution in [2.75, 3.05) is 42.8 Å². The van der Waals surface area contributed by atoms with Crippen molar-refractivity contribution in [2.24, 2.45) is 5.92 Å². The lowest BCUT2D eigenvalue weighted by molar-refractivity contribution is -0.115. The molecule has 1 amide bonds. The van der Waals surface area contributed by atoms with Crippen LogP contribution < -0.4 is 16.0 Å². The van der Waals surface area contributed by atoms with Gasteiger partial charge in [0.05, 0.1) is 24.4 Å². The molecule has 0 radical (unpaired) electrons. The first kappa shape index (κ1) is 13.2. The van der Waals surface area contributed by atoms with E-state index in [9.17, 15) is 4.79 Å². The highest BCUT2D eigenvalue weighted by atomic mass is 16.5. The highest BCUT2D eigenvalue weighted by Crippen LogP contribution is 2.33. The molecule has 0 aliphatic carbocycles. The van der Waals surface area contributed by atoms with E-state index >= 15 is 0 Å². The molecule has 3 N–H and O–H groups in total. The minimum absolute atomic E-state index is 0.0416. The Bertz CT molecular complexity index is 524. The quantitative estimate of drug-likeness (QED) is 0.823. The van der Waals surface area contributed by atoms with E-state index in [4.69, 9.17) is 10.5 Å². The molecule has 0 saturated carbocycles. The zero-order valence-corrected chi connectivity index (χ0v) is 11.8. The molecular weight excluding hydrogens is 254 g/mol. The second kappa shape index (κ2) is 5.32. The fourth-order valence-electron chi connectivity index (χ4n) is 3.05. The van der Waals surface area contributed by atoms with Crippen LogP contribution in [0.5, 0.6) is 0 Å². The van der Waals surface area contributed by atoms with Gasteiger partial charge in [-0.15, -0.1) is 0 Å². The van der Waals surface area contributed by atoms with Gasteiger partial charge in [-0.1, -0.05) is 0 Å². The monoisotopic (exact) mass is 275 g/mol. The van der Waals surface area contributed by atoms with Crippen molar-refractivity contribution in [1.82, 2.24) is 0 Å². The van der Waals surface area contributed by atoms with Crippen LogP contribution in [0.25, 0.3) is 0 Å². The molecular formula is C15H21N3O2. The van der Waals surface area contributed by atoms with E-state index < -0.39 is 0 Å². The largest absolute Gasteiger partial charge is 0.397 e. The number of anilines is 3. The molecule has 2 aliphatic heterocycles. The van der Waals surface area contributed by atoms with Crippen LogP contribution in [0, 0.1) is 5.92 Å². The van der Waals surface area contributed by atoms with Gasteiger partial charge in [0.15, 0.2) is 0 Å². The summed E-state index contributed by atoms with van der Waals surface area (Å²) >= 11 is 0. The van der Waals surface area contributed by atoms with Gasteiger partial charge in [-0.05, 0) is 36.5 Å². The van der Waals surface area contributed by atoms with Crippen molar-refractivity contribution in [1.29, 1.82) is 0 Å². The number of rotatable bonds is 3. The number of fused-ring (bicyclic) bond motifs is 1. The molecule has 1 atom stereocenters. The van der Waals surface area contributed by atoms with Crippen molar-refractivity contribution < 1.29 is 9.53 Å². The lowest BCUT2D eigenvalue weighted by Crippen LogP contribution is -2.31. The maximum absolute atomic E-state index is 11.4. The third-order valence-corrected chi connectivity index (χ3v) is 4.08. The molecule has 20 heavy (non-hydrogen) atoms. The van der Waals surface area contributed by atoms with Crippen LogP contribution in [-0.2, 0) is 16.0 Å². The zero-order chi connectivity index (χ0) is 14.1. The van der Waals surface area contributed by atoms with Gasteiger partial charge < -0.3 is 20.7 Å². The van der Waals surface area contributed by atoms with E-state index in [1.165, 1.54) is 6.42 Å². The lowest BCUT2D eigenvalue weighted by atomic mass is 10.0. The summed E-state index contributed by atoms with van der Waals surface area (Å²) in [4.78, 5) is 13.6. The van der Waals surface area contributed by atoms with E-state index in [0.717, 1.165) is 48.8 Å². The Labute approximate surface area is 119 Å². The van der Waals surface area contributed by atoms with Gasteiger partial charge in [0, 0.05) is 25.9 Å². The van der Waals surface area contributed by atoms with E-state index in [-0.39, 0.29) is 5.91 Å². The molecule has 0 bridgehead atoms. The van der Waals surface area contributed by atoms with E-state index in [2.05, 4.69) is 10.2 Å². The Balaban J connectivity index is 1.76. The number of nitrogens with two attached hydrogens (primary N) is 1. The summed E-state index contributed by atoms with van der Waals surface area (Å²) in [5, 5.41) is 2.88. The van der Waals surface area contributed by atoms with Crippen LogP contribution in [0.1, 0.15) is 18.4 Å². The summed E-state index contributed by atoms with van der Waals surface area (Å²) in [5.74, 6) is 0.593. The number of carbonyl (C=O) groups excluding carboxylic acids is 1. The van der Waals surface area contributed by atoms with Gasteiger partial charge in [0.1, 0.15) is 0 Å². The standard InChI is InChI=1S/C15H21N3O2/c1-18(8-10-3-2-4-20-9-10)14-7-13-11(5-12(14)16)6-15(19)17-13/h5,7,10H,2-4,6,8-9,16H2,1H3,(H,17,19). The molecule has 1 aromatic carbocycles. The predicted molar refractivity (Wildman–Crippen MR) is 80.0 cm³/mol. The molecule has 3 rings (SSSR count). The molecule has 1 fully saturated rings. The normalized spacial score (nSPS) is 21.4. The second-order valence-electron chi connectivity index (χ2n) is 5.76. The molecule has 2 heterocycles. The number of benzene rings is 1. The van der Waals surface area contributed by atoms with Crippen LogP contribution in [0.2, 0.25) is 0 Å². The average molecular weight is 275 g/mol. The van der Waals surface area contributed by atoms with Crippen LogP contribution in [0.3, 0.4) is 0 Å². The molecule has 1 unspecified atom stereocenters. The Morgan fingerprint density at radius 3 is 3.10 bits per heavy atom. The van der Waals surface area contributed by atoms with E-state index in [0.29, 0.717) is 12.3 Å². The molecule has 5 nitrogen and oxygen atoms in total. The maximum Gasteiger partial charge on any atom is 0.228 e. The molecule has 1 aromatic rings. The first-order valence-corrected chi connectivity index (χ1v) is 7.14. The first-order valence-electron chi connectivity index (χ1n) is 7.14. The number of nitrogens with zero attached hydrogens (tertiary/aromatic N) is 1.